The van der Waals surface area contributed by atoms with Crippen LogP contribution in [0.3, 0.4) is 0 Å². The maximum absolute atomic E-state index is 6.96. The van der Waals surface area contributed by atoms with E-state index in [0.717, 1.165) is 114 Å². The lowest BCUT2D eigenvalue weighted by atomic mass is 9.82. The maximum Gasteiger partial charge on any atom is 0.137 e. The zero-order valence-electron chi connectivity index (χ0n) is 40.5. The molecule has 0 fully saturated rings. The van der Waals surface area contributed by atoms with Gasteiger partial charge in [0, 0.05) is 20.6 Å². The van der Waals surface area contributed by atoms with E-state index in [4.69, 9.17) is 18.9 Å². The van der Waals surface area contributed by atoms with Gasteiger partial charge >= 0.3 is 0 Å². The summed E-state index contributed by atoms with van der Waals surface area (Å²) in [6.45, 7) is 17.4. The minimum absolute atomic E-state index is 0.329. The van der Waals surface area contributed by atoms with Gasteiger partial charge in [-0.1, -0.05) is 202 Å². The number of halogens is 2. The molecule has 0 heterocycles. The van der Waals surface area contributed by atoms with E-state index in [2.05, 4.69) is 247 Å². The van der Waals surface area contributed by atoms with E-state index in [-0.39, 0.29) is 5.92 Å². The number of benzene rings is 9. The molecule has 6 heteroatoms. The van der Waals surface area contributed by atoms with E-state index in [1.54, 1.807) is 0 Å². The summed E-state index contributed by atoms with van der Waals surface area (Å²) in [5, 5.41) is 0. The van der Waals surface area contributed by atoms with Crippen LogP contribution in [-0.4, -0.2) is 0 Å². The van der Waals surface area contributed by atoms with Crippen molar-refractivity contribution in [1.82, 2.24) is 0 Å². The van der Waals surface area contributed by atoms with Crippen molar-refractivity contribution in [3.05, 3.63) is 295 Å². The Morgan fingerprint density at radius 1 is 0.370 bits per heavy atom. The molecule has 0 amide bonds. The van der Waals surface area contributed by atoms with Crippen LogP contribution in [0.1, 0.15) is 67.1 Å². The predicted molar refractivity (Wildman–Crippen MR) is 320 cm³/mol. The van der Waals surface area contributed by atoms with E-state index in [9.17, 15) is 0 Å². The normalized spacial score (nSPS) is 11.3. The molecule has 1 unspecified atom stereocenters. The molecule has 0 radical (unpaired) electrons. The van der Waals surface area contributed by atoms with Crippen LogP contribution in [0.2, 0.25) is 0 Å². The fourth-order valence-electron chi connectivity index (χ4n) is 8.59. The van der Waals surface area contributed by atoms with Crippen LogP contribution < -0.4 is 18.9 Å². The van der Waals surface area contributed by atoms with Crippen molar-refractivity contribution in [2.45, 2.75) is 32.3 Å². The van der Waals surface area contributed by atoms with Gasteiger partial charge in [0.25, 0.3) is 0 Å². The van der Waals surface area contributed by atoms with Gasteiger partial charge in [-0.15, -0.1) is 0 Å². The molecule has 0 aliphatic carbocycles. The molecule has 9 rings (SSSR count). The Morgan fingerprint density at radius 3 is 1.23 bits per heavy atom. The Balaban J connectivity index is 1.12. The standard InChI is InChI=1S/C67H54I2O4/c1-5-46-12-20-50(21-13-46)42-70-60-33-28-54(29-34-60)56-10-9-11-58(38-56)66(63-40-59(68)41-64(69)67(63)73-45-53-26-18-49(8-4)19-27-53)62-39-57(32-37-65(62)72-44-52-24-16-48(7-3)17-25-52)55-30-35-61(36-31-55)71-43-51-22-14-47(6-2)15-23-51/h5-41,66H,1-4,42-45H2. The lowest BCUT2D eigenvalue weighted by Gasteiger charge is -2.26. The first-order valence-corrected chi connectivity index (χ1v) is 26.2. The Morgan fingerprint density at radius 2 is 0.781 bits per heavy atom. The molecule has 360 valence electrons. The predicted octanol–water partition coefficient (Wildman–Crippen LogP) is 18.3. The number of hydrogen-bond donors (Lipinski definition) is 0. The Bertz CT molecular complexity index is 3340. The van der Waals surface area contributed by atoms with Gasteiger partial charge in [-0.3, -0.25) is 0 Å². The number of rotatable bonds is 21. The summed E-state index contributed by atoms with van der Waals surface area (Å²) in [4.78, 5) is 0. The molecule has 0 spiro atoms. The second kappa shape index (κ2) is 24.3. The van der Waals surface area contributed by atoms with E-state index in [0.29, 0.717) is 26.4 Å². The summed E-state index contributed by atoms with van der Waals surface area (Å²) in [5.74, 6) is 2.86. The minimum Gasteiger partial charge on any atom is -0.489 e. The monoisotopic (exact) mass is 1180 g/mol. The molecule has 9 aromatic rings. The van der Waals surface area contributed by atoms with Crippen molar-refractivity contribution < 1.29 is 18.9 Å². The molecule has 0 saturated carbocycles. The quantitative estimate of drug-likeness (QED) is 0.0531. The molecular weight excluding hydrogens is 1120 g/mol. The van der Waals surface area contributed by atoms with E-state index in [1.807, 2.05) is 48.6 Å². The van der Waals surface area contributed by atoms with Crippen molar-refractivity contribution in [1.29, 1.82) is 0 Å². The third-order valence-electron chi connectivity index (χ3n) is 12.7. The SMILES string of the molecule is C=Cc1ccc(COc2ccc(-c3cccc(C(c4cc(-c5ccc(OCc6ccc(C=C)cc6)cc5)ccc4OCc4ccc(C=C)cc4)c4cc(I)cc(I)c4OCc4ccc(C=C)cc4)c3)cc2)cc1. The first-order valence-electron chi connectivity index (χ1n) is 24.1. The molecule has 4 nitrogen and oxygen atoms in total. The summed E-state index contributed by atoms with van der Waals surface area (Å²) in [7, 11) is 0. The highest BCUT2D eigenvalue weighted by Gasteiger charge is 2.28. The smallest absolute Gasteiger partial charge is 0.137 e. The highest BCUT2D eigenvalue weighted by atomic mass is 127. The van der Waals surface area contributed by atoms with Crippen LogP contribution in [0.25, 0.3) is 46.6 Å². The fourth-order valence-corrected chi connectivity index (χ4v) is 10.6. The van der Waals surface area contributed by atoms with Crippen molar-refractivity contribution in [3.8, 4) is 45.3 Å². The average Bonchev–Trinajstić information content (AvgIpc) is 3.44. The zero-order chi connectivity index (χ0) is 50.5. The van der Waals surface area contributed by atoms with E-state index < -0.39 is 0 Å². The van der Waals surface area contributed by atoms with Crippen LogP contribution in [-0.2, 0) is 26.4 Å². The van der Waals surface area contributed by atoms with Gasteiger partial charge in [-0.05, 0) is 166 Å². The summed E-state index contributed by atoms with van der Waals surface area (Å²) < 4.78 is 28.5. The van der Waals surface area contributed by atoms with Gasteiger partial charge in [0.05, 0.1) is 3.57 Å². The average molecular weight is 1180 g/mol. The molecule has 0 bridgehead atoms. The van der Waals surface area contributed by atoms with Crippen molar-refractivity contribution >= 4 is 69.5 Å². The molecule has 0 N–H and O–H groups in total. The van der Waals surface area contributed by atoms with Gasteiger partial charge in [0.1, 0.15) is 49.4 Å². The van der Waals surface area contributed by atoms with Gasteiger partial charge in [-0.25, -0.2) is 0 Å². The molecule has 0 aliphatic rings. The lowest BCUT2D eigenvalue weighted by molar-refractivity contribution is 0.297. The van der Waals surface area contributed by atoms with Crippen LogP contribution in [0.4, 0.5) is 0 Å². The Hall–Kier alpha value is -7.40. The topological polar surface area (TPSA) is 36.9 Å². The first-order chi connectivity index (χ1) is 35.7. The third kappa shape index (κ3) is 13.0. The first kappa shape index (κ1) is 50.5. The van der Waals surface area contributed by atoms with Gasteiger partial charge < -0.3 is 18.9 Å². The van der Waals surface area contributed by atoms with E-state index in [1.165, 1.54) is 0 Å². The van der Waals surface area contributed by atoms with Gasteiger partial charge in [-0.2, -0.15) is 0 Å². The second-order valence-electron chi connectivity index (χ2n) is 17.6. The fraction of sp³-hybridized carbons (Fsp3) is 0.0746. The molecule has 0 saturated heterocycles. The molecule has 0 aliphatic heterocycles. The lowest BCUT2D eigenvalue weighted by Crippen LogP contribution is -2.11. The molecule has 9 aromatic carbocycles. The molecular formula is C67H54I2O4. The largest absolute Gasteiger partial charge is 0.489 e. The van der Waals surface area contributed by atoms with Crippen molar-refractivity contribution in [3.63, 3.8) is 0 Å². The van der Waals surface area contributed by atoms with Crippen molar-refractivity contribution in [2.75, 3.05) is 0 Å². The minimum atomic E-state index is -0.329. The second-order valence-corrected chi connectivity index (χ2v) is 20.0. The highest BCUT2D eigenvalue weighted by molar-refractivity contribution is 14.1. The van der Waals surface area contributed by atoms with Gasteiger partial charge in [0.15, 0.2) is 0 Å². The summed E-state index contributed by atoms with van der Waals surface area (Å²) in [6.07, 6.45) is 7.40. The summed E-state index contributed by atoms with van der Waals surface area (Å²) in [6, 6.07) is 69.6. The van der Waals surface area contributed by atoms with Crippen molar-refractivity contribution in [2.24, 2.45) is 0 Å². The third-order valence-corrected chi connectivity index (χ3v) is 14.1. The van der Waals surface area contributed by atoms with Crippen LogP contribution in [0.15, 0.2) is 227 Å². The molecule has 1 atom stereocenters. The van der Waals surface area contributed by atoms with Gasteiger partial charge in [0.2, 0.25) is 0 Å². The molecule has 0 aromatic heterocycles. The Kier molecular flexibility index (Phi) is 16.9. The van der Waals surface area contributed by atoms with Crippen LogP contribution in [0.5, 0.6) is 23.0 Å². The zero-order valence-corrected chi connectivity index (χ0v) is 44.8. The number of ether oxygens (including phenoxy) is 4. The van der Waals surface area contributed by atoms with Crippen LogP contribution >= 0.6 is 45.2 Å². The summed E-state index contributed by atoms with van der Waals surface area (Å²) >= 11 is 4.86. The van der Waals surface area contributed by atoms with Crippen LogP contribution in [0, 0.1) is 7.14 Å². The Labute approximate surface area is 457 Å². The molecule has 73 heavy (non-hydrogen) atoms. The van der Waals surface area contributed by atoms with E-state index >= 15 is 0 Å². The highest BCUT2D eigenvalue weighted by Crippen LogP contribution is 2.46. The number of hydrogen-bond acceptors (Lipinski definition) is 4. The summed E-state index contributed by atoms with van der Waals surface area (Å²) in [5.41, 5.74) is 15.9. The maximum atomic E-state index is 6.96.